The summed E-state index contributed by atoms with van der Waals surface area (Å²) in [5.41, 5.74) is 0.552. The normalized spacial score (nSPS) is 12.2. The maximum absolute atomic E-state index is 10.9. The molecule has 15 heavy (non-hydrogen) atoms. The van der Waals surface area contributed by atoms with E-state index in [1.54, 1.807) is 19.1 Å². The quantitative estimate of drug-likeness (QED) is 0.737. The second kappa shape index (κ2) is 5.00. The van der Waals surface area contributed by atoms with Gasteiger partial charge in [0.15, 0.2) is 0 Å². The van der Waals surface area contributed by atoms with Crippen LogP contribution < -0.4 is 5.32 Å². The highest BCUT2D eigenvalue weighted by atomic mass is 35.5. The molecule has 1 atom stereocenters. The summed E-state index contributed by atoms with van der Waals surface area (Å²) in [5.74, 6) is -1.05. The van der Waals surface area contributed by atoms with Crippen LogP contribution in [0.5, 0.6) is 0 Å². The van der Waals surface area contributed by atoms with Gasteiger partial charge in [-0.05, 0) is 25.1 Å². The number of rotatable bonds is 4. The van der Waals surface area contributed by atoms with Gasteiger partial charge >= 0.3 is 5.97 Å². The van der Waals surface area contributed by atoms with E-state index in [0.717, 1.165) is 0 Å². The maximum atomic E-state index is 10.9. The lowest BCUT2D eigenvalue weighted by atomic mass is 10.1. The highest BCUT2D eigenvalue weighted by molar-refractivity contribution is 6.31. The van der Waals surface area contributed by atoms with E-state index in [2.05, 4.69) is 5.32 Å². The van der Waals surface area contributed by atoms with E-state index in [1.165, 1.54) is 6.07 Å². The van der Waals surface area contributed by atoms with Crippen molar-refractivity contribution < 1.29 is 15.0 Å². The van der Waals surface area contributed by atoms with E-state index < -0.39 is 5.97 Å². The number of carbonyl (C=O) groups is 1. The summed E-state index contributed by atoms with van der Waals surface area (Å²) in [7, 11) is 0. The molecule has 0 aromatic heterocycles. The molecule has 1 aromatic rings. The van der Waals surface area contributed by atoms with Crippen molar-refractivity contribution in [3.63, 3.8) is 0 Å². The number of nitrogens with one attached hydrogen (secondary N) is 1. The van der Waals surface area contributed by atoms with Crippen LogP contribution in [0, 0.1) is 0 Å². The minimum absolute atomic E-state index is 0.0678. The van der Waals surface area contributed by atoms with Crippen LogP contribution in [-0.4, -0.2) is 28.8 Å². The topological polar surface area (TPSA) is 69.6 Å². The number of carboxylic acid groups (broad SMARTS) is 1. The van der Waals surface area contributed by atoms with Gasteiger partial charge < -0.3 is 15.5 Å². The van der Waals surface area contributed by atoms with Crippen LogP contribution in [-0.2, 0) is 0 Å². The number of halogens is 1. The molecule has 1 aromatic carbocycles. The van der Waals surface area contributed by atoms with E-state index in [0.29, 0.717) is 10.7 Å². The molecule has 5 heteroatoms. The van der Waals surface area contributed by atoms with E-state index in [-0.39, 0.29) is 18.2 Å². The van der Waals surface area contributed by atoms with Gasteiger partial charge in [0.1, 0.15) is 0 Å². The molecule has 0 radical (unpaired) electrons. The van der Waals surface area contributed by atoms with Gasteiger partial charge in [-0.25, -0.2) is 4.79 Å². The number of aromatic carboxylic acids is 1. The minimum Gasteiger partial charge on any atom is -0.478 e. The molecular weight excluding hydrogens is 218 g/mol. The van der Waals surface area contributed by atoms with E-state index in [4.69, 9.17) is 21.8 Å². The average Bonchev–Trinajstić information content (AvgIpc) is 2.20. The summed E-state index contributed by atoms with van der Waals surface area (Å²) in [4.78, 5) is 10.9. The van der Waals surface area contributed by atoms with Gasteiger partial charge in [0.25, 0.3) is 0 Å². The van der Waals surface area contributed by atoms with Crippen LogP contribution in [0.25, 0.3) is 0 Å². The fourth-order valence-corrected chi connectivity index (χ4v) is 1.30. The van der Waals surface area contributed by atoms with Crippen LogP contribution in [0.3, 0.4) is 0 Å². The number of hydrogen-bond acceptors (Lipinski definition) is 3. The van der Waals surface area contributed by atoms with Crippen molar-refractivity contribution in [3.8, 4) is 0 Å². The van der Waals surface area contributed by atoms with Gasteiger partial charge in [0.2, 0.25) is 0 Å². The monoisotopic (exact) mass is 229 g/mol. The minimum atomic E-state index is -1.05. The molecular formula is C10H12ClNO3. The fourth-order valence-electron chi connectivity index (χ4n) is 1.13. The SMILES string of the molecule is CC(CO)Nc1ccc(Cl)cc1C(=O)O. The molecule has 1 rings (SSSR count). The third-order valence-electron chi connectivity index (χ3n) is 1.89. The first-order valence-corrected chi connectivity index (χ1v) is 4.82. The third-order valence-corrected chi connectivity index (χ3v) is 2.12. The zero-order chi connectivity index (χ0) is 11.4. The van der Waals surface area contributed by atoms with Gasteiger partial charge in [-0.15, -0.1) is 0 Å². The van der Waals surface area contributed by atoms with Gasteiger partial charge in [-0.3, -0.25) is 0 Å². The summed E-state index contributed by atoms with van der Waals surface area (Å²) in [6, 6.07) is 4.35. The molecule has 0 aliphatic rings. The lowest BCUT2D eigenvalue weighted by Crippen LogP contribution is -2.20. The first-order chi connectivity index (χ1) is 7.04. The number of anilines is 1. The molecule has 0 aliphatic carbocycles. The molecule has 3 N–H and O–H groups in total. The largest absolute Gasteiger partial charge is 0.478 e. The Labute approximate surface area is 92.5 Å². The molecule has 0 fully saturated rings. The van der Waals surface area contributed by atoms with Gasteiger partial charge in [0, 0.05) is 16.8 Å². The third kappa shape index (κ3) is 3.11. The predicted octanol–water partition coefficient (Wildman–Crippen LogP) is 1.83. The summed E-state index contributed by atoms with van der Waals surface area (Å²) < 4.78 is 0. The van der Waals surface area contributed by atoms with Crippen molar-refractivity contribution in [2.24, 2.45) is 0 Å². The lowest BCUT2D eigenvalue weighted by Gasteiger charge is -2.14. The molecule has 0 aliphatic heterocycles. The Bertz CT molecular complexity index is 368. The Hall–Kier alpha value is -1.26. The molecule has 1 unspecified atom stereocenters. The second-order valence-electron chi connectivity index (χ2n) is 3.22. The molecule has 0 spiro atoms. The molecule has 4 nitrogen and oxygen atoms in total. The second-order valence-corrected chi connectivity index (χ2v) is 3.66. The predicted molar refractivity (Wildman–Crippen MR) is 58.6 cm³/mol. The standard InChI is InChI=1S/C10H12ClNO3/c1-6(5-13)12-9-3-2-7(11)4-8(9)10(14)15/h2-4,6,12-13H,5H2,1H3,(H,14,15). The maximum Gasteiger partial charge on any atom is 0.337 e. The van der Waals surface area contributed by atoms with Crippen LogP contribution >= 0.6 is 11.6 Å². The van der Waals surface area contributed by atoms with E-state index in [9.17, 15) is 4.79 Å². The fraction of sp³-hybridized carbons (Fsp3) is 0.300. The smallest absolute Gasteiger partial charge is 0.337 e. The van der Waals surface area contributed by atoms with Crippen LogP contribution in [0.15, 0.2) is 18.2 Å². The van der Waals surface area contributed by atoms with E-state index >= 15 is 0 Å². The van der Waals surface area contributed by atoms with Crippen LogP contribution in [0.4, 0.5) is 5.69 Å². The summed E-state index contributed by atoms with van der Waals surface area (Å²) in [5, 5.41) is 21.0. The first kappa shape index (κ1) is 11.8. The number of hydrogen-bond donors (Lipinski definition) is 3. The Morgan fingerprint density at radius 1 is 1.60 bits per heavy atom. The van der Waals surface area contributed by atoms with Crippen molar-refractivity contribution in [1.82, 2.24) is 0 Å². The average molecular weight is 230 g/mol. The van der Waals surface area contributed by atoms with Crippen molar-refractivity contribution >= 4 is 23.3 Å². The van der Waals surface area contributed by atoms with E-state index in [1.807, 2.05) is 0 Å². The Kier molecular flexibility index (Phi) is 3.94. The Morgan fingerprint density at radius 3 is 2.80 bits per heavy atom. The Morgan fingerprint density at radius 2 is 2.27 bits per heavy atom. The van der Waals surface area contributed by atoms with Gasteiger partial charge in [-0.1, -0.05) is 11.6 Å². The molecule has 82 valence electrons. The van der Waals surface area contributed by atoms with Crippen LogP contribution in [0.1, 0.15) is 17.3 Å². The van der Waals surface area contributed by atoms with Crippen molar-refractivity contribution in [1.29, 1.82) is 0 Å². The molecule has 0 amide bonds. The lowest BCUT2D eigenvalue weighted by molar-refractivity contribution is 0.0698. The number of aliphatic hydroxyl groups is 1. The highest BCUT2D eigenvalue weighted by Gasteiger charge is 2.11. The van der Waals surface area contributed by atoms with Crippen LogP contribution in [0.2, 0.25) is 5.02 Å². The van der Waals surface area contributed by atoms with Gasteiger partial charge in [0.05, 0.1) is 12.2 Å². The van der Waals surface area contributed by atoms with Crippen molar-refractivity contribution in [2.45, 2.75) is 13.0 Å². The number of carboxylic acids is 1. The van der Waals surface area contributed by atoms with Crippen molar-refractivity contribution in [2.75, 3.05) is 11.9 Å². The summed E-state index contributed by atoms with van der Waals surface area (Å²) >= 11 is 5.69. The zero-order valence-electron chi connectivity index (χ0n) is 8.20. The van der Waals surface area contributed by atoms with Gasteiger partial charge in [-0.2, -0.15) is 0 Å². The number of aliphatic hydroxyl groups excluding tert-OH is 1. The first-order valence-electron chi connectivity index (χ1n) is 4.45. The van der Waals surface area contributed by atoms with Crippen molar-refractivity contribution in [3.05, 3.63) is 28.8 Å². The molecule has 0 bridgehead atoms. The zero-order valence-corrected chi connectivity index (χ0v) is 8.95. The Balaban J connectivity index is 3.01. The summed E-state index contributed by atoms with van der Waals surface area (Å²) in [6.07, 6.45) is 0. The molecule has 0 heterocycles. The molecule has 0 saturated carbocycles. The summed E-state index contributed by atoms with van der Waals surface area (Å²) in [6.45, 7) is 1.68. The highest BCUT2D eigenvalue weighted by Crippen LogP contribution is 2.21. The number of benzene rings is 1. The molecule has 0 saturated heterocycles.